The Labute approximate surface area is 167 Å². The molecule has 0 bridgehead atoms. The van der Waals surface area contributed by atoms with Crippen LogP contribution in [-0.4, -0.2) is 15.9 Å². The number of carbonyl (C=O) groups excluding carboxylic acids is 1. The lowest BCUT2D eigenvalue weighted by molar-refractivity contribution is -0.110. The number of hydrogen-bond donors (Lipinski definition) is 2. The fraction of sp³-hybridized carbons (Fsp3) is 0.391. The maximum atomic E-state index is 14.1. The lowest BCUT2D eigenvalue weighted by Gasteiger charge is -2.04. The summed E-state index contributed by atoms with van der Waals surface area (Å²) in [6.07, 6.45) is 6.32. The maximum Gasteiger partial charge on any atom is 0.256 e. The van der Waals surface area contributed by atoms with Crippen LogP contribution >= 0.6 is 0 Å². The molecule has 0 saturated carbocycles. The van der Waals surface area contributed by atoms with Crippen LogP contribution < -0.4 is 5.32 Å². The Kier molecular flexibility index (Phi) is 9.73. The summed E-state index contributed by atoms with van der Waals surface area (Å²) in [4.78, 5) is 19.3. The first-order valence-electron chi connectivity index (χ1n) is 9.79. The molecule has 2 N–H and O–H groups in total. The Hall–Kier alpha value is -2.87. The number of amides is 1. The molecule has 1 aliphatic rings. The fourth-order valence-corrected chi connectivity index (χ4v) is 2.35. The number of hydrogen-bond acceptors (Lipinski definition) is 2. The van der Waals surface area contributed by atoms with Gasteiger partial charge in [0.25, 0.3) is 5.91 Å². The first-order chi connectivity index (χ1) is 13.4. The zero-order valence-electron chi connectivity index (χ0n) is 17.7. The van der Waals surface area contributed by atoms with Crippen molar-refractivity contribution in [1.82, 2.24) is 9.97 Å². The van der Waals surface area contributed by atoms with Crippen LogP contribution in [0, 0.1) is 24.6 Å². The van der Waals surface area contributed by atoms with E-state index in [9.17, 15) is 9.18 Å². The number of carbonyl (C=O) groups is 1. The predicted octanol–water partition coefficient (Wildman–Crippen LogP) is 5.94. The summed E-state index contributed by atoms with van der Waals surface area (Å²) in [6.45, 7) is 12.2. The van der Waals surface area contributed by atoms with Crippen LogP contribution in [-0.2, 0) is 4.79 Å². The molecule has 0 spiro atoms. The van der Waals surface area contributed by atoms with Crippen molar-refractivity contribution in [3.63, 3.8) is 0 Å². The Morgan fingerprint density at radius 2 is 1.79 bits per heavy atom. The van der Waals surface area contributed by atoms with Crippen molar-refractivity contribution in [2.24, 2.45) is 0 Å². The molecule has 1 aromatic heterocycles. The third-order valence-electron chi connectivity index (χ3n) is 3.46. The first-order valence-corrected chi connectivity index (χ1v) is 9.79. The second kappa shape index (κ2) is 11.8. The molecule has 2 aromatic rings. The van der Waals surface area contributed by atoms with Crippen molar-refractivity contribution in [2.45, 2.75) is 60.8 Å². The number of halogens is 1. The molecule has 4 nitrogen and oxygen atoms in total. The minimum Gasteiger partial charge on any atom is -0.348 e. The lowest BCUT2D eigenvalue weighted by Crippen LogP contribution is -2.03. The molecule has 0 atom stereocenters. The van der Waals surface area contributed by atoms with Crippen LogP contribution in [0.4, 0.5) is 10.1 Å². The summed E-state index contributed by atoms with van der Waals surface area (Å²) in [5.74, 6) is 4.98. The minimum absolute atomic E-state index is 0.247. The van der Waals surface area contributed by atoms with Gasteiger partial charge >= 0.3 is 0 Å². The molecule has 5 heteroatoms. The Morgan fingerprint density at radius 3 is 2.32 bits per heavy atom. The van der Waals surface area contributed by atoms with Crippen LogP contribution in [0.2, 0.25) is 0 Å². The summed E-state index contributed by atoms with van der Waals surface area (Å²) >= 11 is 0. The zero-order chi connectivity index (χ0) is 21.1. The van der Waals surface area contributed by atoms with E-state index in [0.717, 1.165) is 5.69 Å². The average Bonchev–Trinajstić information content (AvgIpc) is 3.20. The average molecular weight is 384 g/mol. The second-order valence-electron chi connectivity index (χ2n) is 6.34. The molecule has 2 heterocycles. The molecule has 0 saturated heterocycles. The topological polar surface area (TPSA) is 57.8 Å². The first kappa shape index (κ1) is 23.2. The molecule has 150 valence electrons. The normalized spacial score (nSPS) is 12.7. The number of fused-ring (bicyclic) bond motifs is 1. The molecular formula is C23H30FN3O. The highest BCUT2D eigenvalue weighted by molar-refractivity contribution is 6.35. The molecule has 0 fully saturated rings. The van der Waals surface area contributed by atoms with Crippen LogP contribution in [0.3, 0.4) is 0 Å². The van der Waals surface area contributed by atoms with E-state index in [-0.39, 0.29) is 11.5 Å². The Balaban J connectivity index is 0.000000582. The highest BCUT2D eigenvalue weighted by atomic mass is 19.1. The molecule has 3 rings (SSSR count). The van der Waals surface area contributed by atoms with E-state index < -0.39 is 5.82 Å². The van der Waals surface area contributed by atoms with Crippen LogP contribution in [0.15, 0.2) is 18.5 Å². The number of imidazole rings is 1. The van der Waals surface area contributed by atoms with E-state index in [1.807, 2.05) is 13.8 Å². The van der Waals surface area contributed by atoms with Gasteiger partial charge in [0.1, 0.15) is 5.82 Å². The van der Waals surface area contributed by atoms with Gasteiger partial charge in [0.05, 0.1) is 28.8 Å². The molecule has 1 amide bonds. The van der Waals surface area contributed by atoms with Crippen LogP contribution in [0.5, 0.6) is 0 Å². The number of aryl methyl sites for hydroxylation is 1. The van der Waals surface area contributed by atoms with Crippen LogP contribution in [0.1, 0.15) is 76.4 Å². The van der Waals surface area contributed by atoms with Crippen molar-refractivity contribution in [2.75, 3.05) is 5.32 Å². The quantitative estimate of drug-likeness (QED) is 0.473. The molecular weight excluding hydrogens is 353 g/mol. The monoisotopic (exact) mass is 383 g/mol. The maximum absolute atomic E-state index is 14.1. The number of anilines is 1. The number of aromatic nitrogens is 2. The standard InChI is InChI=1S/C17H14FN3O.2C3H8/c1-3-4-5-11-13(18)6-7-14-16(11)12(17(22)21-14)8-15-10(2)19-9-20-15;2*1-3-2/h6-9H,3H2,1-2H3,(H,19,20)(H,21,22);2*3H2,1-2H3/b12-8-;;. The van der Waals surface area contributed by atoms with Gasteiger partial charge < -0.3 is 10.3 Å². The Bertz CT molecular complexity index is 883. The predicted molar refractivity (Wildman–Crippen MR) is 115 cm³/mol. The van der Waals surface area contributed by atoms with Crippen molar-refractivity contribution in [1.29, 1.82) is 0 Å². The summed E-state index contributed by atoms with van der Waals surface area (Å²) in [6, 6.07) is 2.87. The van der Waals surface area contributed by atoms with E-state index in [4.69, 9.17) is 0 Å². The third-order valence-corrected chi connectivity index (χ3v) is 3.46. The summed E-state index contributed by atoms with van der Waals surface area (Å²) in [5, 5.41) is 2.74. The number of nitrogens with one attached hydrogen (secondary N) is 2. The second-order valence-corrected chi connectivity index (χ2v) is 6.34. The SMILES string of the molecule is CCC.CCC.CCC#Cc1c(F)ccc2c1/C(=C/c1nc[nH]c1C)C(=O)N2. The van der Waals surface area contributed by atoms with E-state index in [1.54, 1.807) is 18.5 Å². The Morgan fingerprint density at radius 1 is 1.14 bits per heavy atom. The summed E-state index contributed by atoms with van der Waals surface area (Å²) in [5.41, 5.74) is 3.20. The van der Waals surface area contributed by atoms with Gasteiger partial charge in [-0.1, -0.05) is 59.3 Å². The van der Waals surface area contributed by atoms with Crippen molar-refractivity contribution in [3.8, 4) is 11.8 Å². The zero-order valence-corrected chi connectivity index (χ0v) is 17.7. The highest BCUT2D eigenvalue weighted by Crippen LogP contribution is 2.36. The smallest absolute Gasteiger partial charge is 0.256 e. The van der Waals surface area contributed by atoms with E-state index in [1.165, 1.54) is 18.9 Å². The molecule has 0 unspecified atom stereocenters. The van der Waals surface area contributed by atoms with E-state index >= 15 is 0 Å². The van der Waals surface area contributed by atoms with Gasteiger partial charge in [0.2, 0.25) is 0 Å². The van der Waals surface area contributed by atoms with Gasteiger partial charge in [-0.15, -0.1) is 0 Å². The van der Waals surface area contributed by atoms with Gasteiger partial charge in [-0.3, -0.25) is 4.79 Å². The van der Waals surface area contributed by atoms with Gasteiger partial charge in [-0.2, -0.15) is 0 Å². The number of rotatable bonds is 1. The molecule has 1 aromatic carbocycles. The molecule has 1 aliphatic heterocycles. The highest BCUT2D eigenvalue weighted by Gasteiger charge is 2.28. The fourth-order valence-electron chi connectivity index (χ4n) is 2.35. The van der Waals surface area contributed by atoms with Gasteiger partial charge in [-0.05, 0) is 25.1 Å². The van der Waals surface area contributed by atoms with E-state index in [0.29, 0.717) is 28.9 Å². The van der Waals surface area contributed by atoms with Crippen molar-refractivity contribution < 1.29 is 9.18 Å². The third kappa shape index (κ3) is 5.82. The molecule has 28 heavy (non-hydrogen) atoms. The number of nitrogens with zero attached hydrogens (tertiary/aromatic N) is 1. The minimum atomic E-state index is -0.430. The van der Waals surface area contributed by atoms with E-state index in [2.05, 4.69) is 54.8 Å². The van der Waals surface area contributed by atoms with Crippen LogP contribution in [0.25, 0.3) is 11.6 Å². The molecule has 0 radical (unpaired) electrons. The van der Waals surface area contributed by atoms with Gasteiger partial charge in [-0.25, -0.2) is 9.37 Å². The van der Waals surface area contributed by atoms with Gasteiger partial charge in [0.15, 0.2) is 0 Å². The summed E-state index contributed by atoms with van der Waals surface area (Å²) in [7, 11) is 0. The van der Waals surface area contributed by atoms with Gasteiger partial charge in [0, 0.05) is 17.7 Å². The number of benzene rings is 1. The van der Waals surface area contributed by atoms with Crippen molar-refractivity contribution >= 4 is 23.2 Å². The lowest BCUT2D eigenvalue weighted by atomic mass is 9.99. The number of aromatic amines is 1. The largest absolute Gasteiger partial charge is 0.348 e. The number of H-pyrrole nitrogens is 1. The summed E-state index contributed by atoms with van der Waals surface area (Å²) < 4.78 is 14.1. The molecule has 0 aliphatic carbocycles. The van der Waals surface area contributed by atoms with Crippen molar-refractivity contribution in [3.05, 3.63) is 46.8 Å².